The van der Waals surface area contributed by atoms with Crippen LogP contribution < -0.4 is 10.2 Å². The molecule has 2 aliphatic heterocycles. The van der Waals surface area contributed by atoms with Gasteiger partial charge in [0.25, 0.3) is 5.91 Å². The lowest BCUT2D eigenvalue weighted by Gasteiger charge is -2.36. The molecule has 3 aromatic heterocycles. The number of pyridine rings is 1. The lowest BCUT2D eigenvalue weighted by molar-refractivity contribution is 0.0871. The second kappa shape index (κ2) is 9.78. The normalized spacial score (nSPS) is 15.9. The Hall–Kier alpha value is -4.45. The van der Waals surface area contributed by atoms with Gasteiger partial charge < -0.3 is 24.6 Å². The molecule has 1 N–H and O–H groups in total. The highest BCUT2D eigenvalue weighted by Gasteiger charge is 2.34. The standard InChI is InChI=1S/C26H28N8O4/c1-17-3-4-19(34-28-13-23(30-34)18-14-32(15-18)26(36)37-2)11-22(17)29-25(35)21-12-27-33-16-20(5-6-24(21)33)31-7-9-38-10-8-31/h3-6,11-13,16,18H,7-10,14-15H2,1-2H3,(H,29,35). The Bertz CT molecular complexity index is 1500. The first-order valence-corrected chi connectivity index (χ1v) is 12.5. The topological polar surface area (TPSA) is 119 Å². The van der Waals surface area contributed by atoms with E-state index in [1.165, 1.54) is 11.9 Å². The van der Waals surface area contributed by atoms with Crippen LogP contribution in [0.15, 0.2) is 48.9 Å². The van der Waals surface area contributed by atoms with E-state index < -0.39 is 0 Å². The van der Waals surface area contributed by atoms with Gasteiger partial charge in [-0.2, -0.15) is 20.1 Å². The fraction of sp³-hybridized carbons (Fsp3) is 0.346. The number of hydrogen-bond acceptors (Lipinski definition) is 8. The van der Waals surface area contributed by atoms with Crippen molar-refractivity contribution in [3.63, 3.8) is 0 Å². The molecule has 0 bridgehead atoms. The van der Waals surface area contributed by atoms with Crippen LogP contribution in [-0.2, 0) is 9.47 Å². The first kappa shape index (κ1) is 23.9. The third-order valence-corrected chi connectivity index (χ3v) is 7.06. The van der Waals surface area contributed by atoms with Crippen LogP contribution in [0.3, 0.4) is 0 Å². The summed E-state index contributed by atoms with van der Waals surface area (Å²) >= 11 is 0. The molecule has 12 nitrogen and oxygen atoms in total. The number of morpholine rings is 1. The van der Waals surface area contributed by atoms with E-state index in [-0.39, 0.29) is 17.9 Å². The van der Waals surface area contributed by atoms with E-state index in [1.807, 2.05) is 43.5 Å². The van der Waals surface area contributed by atoms with Crippen molar-refractivity contribution < 1.29 is 19.1 Å². The van der Waals surface area contributed by atoms with E-state index in [0.29, 0.717) is 37.6 Å². The fourth-order valence-corrected chi connectivity index (χ4v) is 4.75. The number of methoxy groups -OCH3 is 1. The summed E-state index contributed by atoms with van der Waals surface area (Å²) in [7, 11) is 1.37. The van der Waals surface area contributed by atoms with Gasteiger partial charge in [0.15, 0.2) is 0 Å². The van der Waals surface area contributed by atoms with Crippen LogP contribution in [0.5, 0.6) is 0 Å². The van der Waals surface area contributed by atoms with Gasteiger partial charge >= 0.3 is 6.09 Å². The van der Waals surface area contributed by atoms with E-state index in [4.69, 9.17) is 9.47 Å². The van der Waals surface area contributed by atoms with Crippen molar-refractivity contribution in [1.29, 1.82) is 0 Å². The summed E-state index contributed by atoms with van der Waals surface area (Å²) < 4.78 is 11.9. The summed E-state index contributed by atoms with van der Waals surface area (Å²) in [4.78, 5) is 30.3. The van der Waals surface area contributed by atoms with Gasteiger partial charge in [-0.3, -0.25) is 4.79 Å². The second-order valence-electron chi connectivity index (χ2n) is 9.46. The minimum Gasteiger partial charge on any atom is -0.453 e. The van der Waals surface area contributed by atoms with Crippen LogP contribution in [0.4, 0.5) is 16.2 Å². The van der Waals surface area contributed by atoms with Crippen LogP contribution in [0, 0.1) is 6.92 Å². The Labute approximate surface area is 218 Å². The minimum absolute atomic E-state index is 0.117. The molecule has 0 radical (unpaired) electrons. The average molecular weight is 517 g/mol. The minimum atomic E-state index is -0.337. The van der Waals surface area contributed by atoms with Crippen molar-refractivity contribution in [3.05, 3.63) is 65.7 Å². The number of carbonyl (C=O) groups excluding carboxylic acids is 2. The van der Waals surface area contributed by atoms with E-state index in [2.05, 4.69) is 25.5 Å². The third-order valence-electron chi connectivity index (χ3n) is 7.06. The van der Waals surface area contributed by atoms with Crippen LogP contribution in [0.2, 0.25) is 0 Å². The van der Waals surface area contributed by atoms with Crippen LogP contribution in [0.1, 0.15) is 27.5 Å². The highest BCUT2D eigenvalue weighted by atomic mass is 16.5. The number of fused-ring (bicyclic) bond motifs is 1. The Morgan fingerprint density at radius 1 is 1.05 bits per heavy atom. The monoisotopic (exact) mass is 516 g/mol. The summed E-state index contributed by atoms with van der Waals surface area (Å²) in [6.07, 6.45) is 4.90. The number of nitrogens with one attached hydrogen (secondary N) is 1. The zero-order chi connectivity index (χ0) is 26.2. The maximum Gasteiger partial charge on any atom is 0.409 e. The van der Waals surface area contributed by atoms with Gasteiger partial charge in [0.1, 0.15) is 0 Å². The van der Waals surface area contributed by atoms with Gasteiger partial charge in [-0.25, -0.2) is 9.31 Å². The van der Waals surface area contributed by atoms with Gasteiger partial charge in [-0.05, 0) is 36.8 Å². The van der Waals surface area contributed by atoms with Crippen molar-refractivity contribution in [2.24, 2.45) is 0 Å². The van der Waals surface area contributed by atoms with Crippen molar-refractivity contribution in [1.82, 2.24) is 29.5 Å². The Morgan fingerprint density at radius 3 is 2.63 bits per heavy atom. The number of nitrogens with zero attached hydrogens (tertiary/aromatic N) is 7. The highest BCUT2D eigenvalue weighted by molar-refractivity contribution is 6.09. The third kappa shape index (κ3) is 4.43. The van der Waals surface area contributed by atoms with Gasteiger partial charge in [0, 0.05) is 37.8 Å². The van der Waals surface area contributed by atoms with Crippen molar-refractivity contribution in [2.75, 3.05) is 56.7 Å². The number of likely N-dealkylation sites (tertiary alicyclic amines) is 1. The molecule has 2 aliphatic rings. The smallest absolute Gasteiger partial charge is 0.409 e. The predicted octanol–water partition coefficient (Wildman–Crippen LogP) is 2.48. The second-order valence-corrected chi connectivity index (χ2v) is 9.46. The summed E-state index contributed by atoms with van der Waals surface area (Å²) in [6, 6.07) is 9.60. The molecule has 12 heteroatoms. The summed E-state index contributed by atoms with van der Waals surface area (Å²) in [5.74, 6) is -0.127. The molecular formula is C26H28N8O4. The largest absolute Gasteiger partial charge is 0.453 e. The number of hydrogen-bond donors (Lipinski definition) is 1. The van der Waals surface area contributed by atoms with E-state index in [1.54, 1.807) is 21.8 Å². The van der Waals surface area contributed by atoms with E-state index >= 15 is 0 Å². The molecule has 0 unspecified atom stereocenters. The molecule has 6 rings (SSSR count). The van der Waals surface area contributed by atoms with Crippen LogP contribution in [-0.4, -0.2) is 88.0 Å². The maximum absolute atomic E-state index is 13.3. The van der Waals surface area contributed by atoms with E-state index in [9.17, 15) is 9.59 Å². The summed E-state index contributed by atoms with van der Waals surface area (Å²) in [6.45, 7) is 6.09. The maximum atomic E-state index is 13.3. The van der Waals surface area contributed by atoms with Gasteiger partial charge in [0.2, 0.25) is 0 Å². The first-order chi connectivity index (χ1) is 18.5. The van der Waals surface area contributed by atoms with Crippen molar-refractivity contribution >= 4 is 28.9 Å². The molecule has 5 heterocycles. The SMILES string of the molecule is COC(=O)N1CC(c2cnn(-c3ccc(C)c(NC(=O)c4cnn5cc(N6CCOCC6)ccc45)c3)n2)C1. The molecule has 1 aromatic carbocycles. The van der Waals surface area contributed by atoms with Crippen LogP contribution in [0.25, 0.3) is 11.2 Å². The van der Waals surface area contributed by atoms with Gasteiger partial charge in [-0.15, -0.1) is 0 Å². The zero-order valence-electron chi connectivity index (χ0n) is 21.2. The number of ether oxygens (including phenoxy) is 2. The molecule has 0 saturated carbocycles. The molecule has 4 aromatic rings. The molecule has 0 spiro atoms. The molecule has 2 amide bonds. The van der Waals surface area contributed by atoms with Crippen LogP contribution >= 0.6 is 0 Å². The molecular weight excluding hydrogens is 488 g/mol. The van der Waals surface area contributed by atoms with Gasteiger partial charge in [0.05, 0.1) is 67.1 Å². The number of rotatable bonds is 5. The fourth-order valence-electron chi connectivity index (χ4n) is 4.75. The first-order valence-electron chi connectivity index (χ1n) is 12.5. The van der Waals surface area contributed by atoms with Crippen molar-refractivity contribution in [3.8, 4) is 5.69 Å². The number of anilines is 2. The Morgan fingerprint density at radius 2 is 1.84 bits per heavy atom. The molecule has 2 saturated heterocycles. The lowest BCUT2D eigenvalue weighted by Crippen LogP contribution is -2.48. The molecule has 0 aliphatic carbocycles. The summed E-state index contributed by atoms with van der Waals surface area (Å²) in [5, 5.41) is 16.4. The zero-order valence-corrected chi connectivity index (χ0v) is 21.2. The number of benzene rings is 1. The Kier molecular flexibility index (Phi) is 6.16. The molecule has 0 atom stereocenters. The molecule has 196 valence electrons. The van der Waals surface area contributed by atoms with Crippen molar-refractivity contribution in [2.45, 2.75) is 12.8 Å². The number of aromatic nitrogens is 5. The summed E-state index contributed by atoms with van der Waals surface area (Å²) in [5.41, 5.74) is 5.36. The average Bonchev–Trinajstić information content (AvgIpc) is 3.57. The van der Waals surface area contributed by atoms with E-state index in [0.717, 1.165) is 41.2 Å². The Balaban J connectivity index is 1.17. The number of carbonyl (C=O) groups is 2. The van der Waals surface area contributed by atoms with Gasteiger partial charge in [-0.1, -0.05) is 6.07 Å². The molecule has 38 heavy (non-hydrogen) atoms. The predicted molar refractivity (Wildman–Crippen MR) is 139 cm³/mol. The molecule has 2 fully saturated rings. The highest BCUT2D eigenvalue weighted by Crippen LogP contribution is 2.27. The number of aryl methyl sites for hydroxylation is 1. The quantitative estimate of drug-likeness (QED) is 0.430. The lowest BCUT2D eigenvalue weighted by atomic mass is 9.98. The number of amides is 2.